The van der Waals surface area contributed by atoms with Crippen LogP contribution in [0.25, 0.3) is 10.9 Å². The molecule has 1 aromatic heterocycles. The summed E-state index contributed by atoms with van der Waals surface area (Å²) in [6.07, 6.45) is 1.54. The van der Waals surface area contributed by atoms with E-state index in [0.29, 0.717) is 10.4 Å². The van der Waals surface area contributed by atoms with Gasteiger partial charge in [0.05, 0.1) is 4.90 Å². The highest BCUT2D eigenvalue weighted by molar-refractivity contribution is 7.93. The Morgan fingerprint density at radius 1 is 0.952 bits per heavy atom. The summed E-state index contributed by atoms with van der Waals surface area (Å²) in [5, 5.41) is 13.2. The highest BCUT2D eigenvalue weighted by Crippen LogP contribution is 2.19. The van der Waals surface area contributed by atoms with Crippen molar-refractivity contribution in [3.05, 3.63) is 71.9 Å². The molecule has 0 amide bonds. The maximum atomic E-state index is 12.7. The van der Waals surface area contributed by atoms with Gasteiger partial charge in [0.15, 0.2) is 9.73 Å². The van der Waals surface area contributed by atoms with E-state index >= 15 is 0 Å². The molecule has 1 heterocycles. The van der Waals surface area contributed by atoms with Gasteiger partial charge in [-0.05, 0) is 24.3 Å². The van der Waals surface area contributed by atoms with Gasteiger partial charge in [-0.2, -0.15) is 0 Å². The van der Waals surface area contributed by atoms with Crippen LogP contribution in [0, 0.1) is 5.21 Å². The molecule has 2 aromatic carbocycles. The van der Waals surface area contributed by atoms with Crippen molar-refractivity contribution >= 4 is 26.4 Å². The lowest BCUT2D eigenvalue weighted by atomic mass is 10.2. The lowest BCUT2D eigenvalue weighted by Crippen LogP contribution is -2.27. The molecule has 0 aliphatic rings. The smallest absolute Gasteiger partial charge is 0.337 e. The maximum Gasteiger partial charge on any atom is 0.337 e. The van der Waals surface area contributed by atoms with Gasteiger partial charge in [0, 0.05) is 22.1 Å². The third-order valence-electron chi connectivity index (χ3n) is 3.22. The van der Waals surface area contributed by atoms with Crippen molar-refractivity contribution in [2.75, 3.05) is 6.26 Å². The molecule has 3 aromatic rings. The fourth-order valence-corrected chi connectivity index (χ4v) is 3.40. The van der Waals surface area contributed by atoms with Crippen molar-refractivity contribution in [3.8, 4) is 0 Å². The van der Waals surface area contributed by atoms with Gasteiger partial charge in [0.2, 0.25) is 0 Å². The molecule has 5 heteroatoms. The summed E-state index contributed by atoms with van der Waals surface area (Å²) < 4.78 is 17.6. The second kappa shape index (κ2) is 5.18. The molecule has 0 bridgehead atoms. The number of rotatable bonds is 2. The van der Waals surface area contributed by atoms with Gasteiger partial charge in [0.1, 0.15) is 5.52 Å². The lowest BCUT2D eigenvalue weighted by molar-refractivity contribution is -0.562. The molecular weight excluding hydrogens is 284 g/mol. The van der Waals surface area contributed by atoms with Gasteiger partial charge in [-0.1, -0.05) is 36.4 Å². The fraction of sp³-hybridized carbons (Fsp3) is 0.0625. The molecular formula is C16H14N2O2S. The average Bonchev–Trinajstić information content (AvgIpc) is 2.51. The van der Waals surface area contributed by atoms with Crippen LogP contribution in [-0.2, 0) is 9.73 Å². The van der Waals surface area contributed by atoms with Gasteiger partial charge in [0.25, 0.3) is 0 Å². The molecule has 3 rings (SSSR count). The molecule has 106 valence electrons. The molecule has 0 saturated carbocycles. The molecule has 0 N–H and O–H groups in total. The molecule has 0 aliphatic carbocycles. The Labute approximate surface area is 123 Å². The average molecular weight is 298 g/mol. The summed E-state index contributed by atoms with van der Waals surface area (Å²) in [5.41, 5.74) is 0.516. The Kier molecular flexibility index (Phi) is 3.35. The standard InChI is InChI=1S/C16H14N2O2S/c1-21(20,14-8-3-2-4-9-14)17-16-12-11-13-7-5-6-10-15(13)18(16)19/h2-12H,1H3. The van der Waals surface area contributed by atoms with Crippen molar-refractivity contribution in [1.29, 1.82) is 0 Å². The predicted molar refractivity (Wildman–Crippen MR) is 83.8 cm³/mol. The first-order valence-corrected chi connectivity index (χ1v) is 8.39. The van der Waals surface area contributed by atoms with E-state index in [1.165, 1.54) is 6.26 Å². The Balaban J connectivity index is 2.20. The van der Waals surface area contributed by atoms with E-state index in [4.69, 9.17) is 0 Å². The van der Waals surface area contributed by atoms with Crippen LogP contribution in [0.3, 0.4) is 0 Å². The Morgan fingerprint density at radius 2 is 1.62 bits per heavy atom. The summed E-state index contributed by atoms with van der Waals surface area (Å²) in [5.74, 6) is 0.157. The minimum absolute atomic E-state index is 0.157. The van der Waals surface area contributed by atoms with E-state index in [2.05, 4.69) is 4.36 Å². The minimum atomic E-state index is -2.65. The van der Waals surface area contributed by atoms with E-state index < -0.39 is 9.73 Å². The van der Waals surface area contributed by atoms with Crippen molar-refractivity contribution in [1.82, 2.24) is 0 Å². The van der Waals surface area contributed by atoms with E-state index in [-0.39, 0.29) is 5.82 Å². The van der Waals surface area contributed by atoms with E-state index in [9.17, 15) is 9.42 Å². The third kappa shape index (κ3) is 2.60. The van der Waals surface area contributed by atoms with Gasteiger partial charge in [-0.15, -0.1) is 0 Å². The van der Waals surface area contributed by atoms with Crippen LogP contribution in [0.4, 0.5) is 5.82 Å². The molecule has 4 nitrogen and oxygen atoms in total. The van der Waals surface area contributed by atoms with Gasteiger partial charge < -0.3 is 5.21 Å². The zero-order chi connectivity index (χ0) is 14.9. The Morgan fingerprint density at radius 3 is 2.38 bits per heavy atom. The highest BCUT2D eigenvalue weighted by Gasteiger charge is 2.15. The first-order valence-electron chi connectivity index (χ1n) is 6.46. The van der Waals surface area contributed by atoms with Crippen LogP contribution in [0.1, 0.15) is 0 Å². The summed E-state index contributed by atoms with van der Waals surface area (Å²) in [6, 6.07) is 19.6. The largest absolute Gasteiger partial charge is 0.710 e. The Bertz CT molecular complexity index is 914. The van der Waals surface area contributed by atoms with E-state index in [0.717, 1.165) is 10.1 Å². The molecule has 1 atom stereocenters. The molecule has 1 unspecified atom stereocenters. The monoisotopic (exact) mass is 298 g/mol. The lowest BCUT2D eigenvalue weighted by Gasteiger charge is -2.08. The van der Waals surface area contributed by atoms with Gasteiger partial charge in [-0.3, -0.25) is 0 Å². The zero-order valence-electron chi connectivity index (χ0n) is 11.5. The topological polar surface area (TPSA) is 56.4 Å². The van der Waals surface area contributed by atoms with Crippen molar-refractivity contribution in [3.63, 3.8) is 0 Å². The molecule has 0 aliphatic heterocycles. The first-order chi connectivity index (χ1) is 10.1. The number of nitrogens with zero attached hydrogens (tertiary/aromatic N) is 2. The number of hydrogen-bond donors (Lipinski definition) is 0. The second-order valence-corrected chi connectivity index (χ2v) is 7.01. The van der Waals surface area contributed by atoms with Gasteiger partial charge >= 0.3 is 5.82 Å². The molecule has 0 radical (unpaired) electrons. The van der Waals surface area contributed by atoms with Crippen LogP contribution in [-0.4, -0.2) is 10.5 Å². The summed E-state index contributed by atoms with van der Waals surface area (Å²) in [4.78, 5) is 0.609. The maximum absolute atomic E-state index is 12.7. The normalized spacial score (nSPS) is 13.8. The van der Waals surface area contributed by atoms with Crippen molar-refractivity contribution in [2.24, 2.45) is 4.36 Å². The number of fused-ring (bicyclic) bond motifs is 1. The second-order valence-electron chi connectivity index (χ2n) is 4.75. The van der Waals surface area contributed by atoms with Gasteiger partial charge in [-0.25, -0.2) is 8.94 Å². The highest BCUT2D eigenvalue weighted by atomic mass is 32.2. The van der Waals surface area contributed by atoms with Crippen LogP contribution >= 0.6 is 0 Å². The summed E-state index contributed by atoms with van der Waals surface area (Å²) >= 11 is 0. The Hall–Kier alpha value is -2.40. The summed E-state index contributed by atoms with van der Waals surface area (Å²) in [6.45, 7) is 0. The fourth-order valence-electron chi connectivity index (χ4n) is 2.14. The predicted octanol–water partition coefficient (Wildman–Crippen LogP) is 3.26. The van der Waals surface area contributed by atoms with Crippen LogP contribution in [0.5, 0.6) is 0 Å². The first kappa shape index (κ1) is 13.6. The van der Waals surface area contributed by atoms with Crippen LogP contribution in [0.2, 0.25) is 0 Å². The van der Waals surface area contributed by atoms with Crippen LogP contribution < -0.4 is 4.73 Å². The number of hydrogen-bond acceptors (Lipinski definition) is 3. The van der Waals surface area contributed by atoms with Crippen molar-refractivity contribution < 1.29 is 8.94 Å². The number of benzene rings is 2. The molecule has 0 spiro atoms. The SMILES string of the molecule is CS(=O)(=Nc1ccc2ccccc2[n+]1[O-])c1ccccc1. The molecule has 21 heavy (non-hydrogen) atoms. The van der Waals surface area contributed by atoms with E-state index in [1.54, 1.807) is 42.5 Å². The van der Waals surface area contributed by atoms with Crippen LogP contribution in [0.15, 0.2) is 76.0 Å². The van der Waals surface area contributed by atoms with Crippen molar-refractivity contribution in [2.45, 2.75) is 4.90 Å². The quantitative estimate of drug-likeness (QED) is 0.538. The number of pyridine rings is 1. The number of para-hydroxylation sites is 1. The summed E-state index contributed by atoms with van der Waals surface area (Å²) in [7, 11) is -2.65. The third-order valence-corrected chi connectivity index (χ3v) is 4.91. The molecule has 0 fully saturated rings. The van der Waals surface area contributed by atoms with E-state index in [1.807, 2.05) is 24.3 Å². The zero-order valence-corrected chi connectivity index (χ0v) is 12.3. The minimum Gasteiger partial charge on any atom is -0.710 e. The molecule has 0 saturated heterocycles. The number of aromatic nitrogens is 1.